The number of halogens is 2. The zero-order valence-corrected chi connectivity index (χ0v) is 15.8. The van der Waals surface area contributed by atoms with Crippen LogP contribution < -0.4 is 9.62 Å². The van der Waals surface area contributed by atoms with Crippen LogP contribution in [0.2, 0.25) is 0 Å². The predicted octanol–water partition coefficient (Wildman–Crippen LogP) is 2.98. The first-order chi connectivity index (χ1) is 11.8. The van der Waals surface area contributed by atoms with Crippen molar-refractivity contribution in [1.82, 2.24) is 4.72 Å². The molecule has 0 saturated heterocycles. The fourth-order valence-electron chi connectivity index (χ4n) is 2.78. The molecule has 0 unspecified atom stereocenters. The van der Waals surface area contributed by atoms with Crippen LogP contribution in [0.4, 0.5) is 10.1 Å². The highest BCUT2D eigenvalue weighted by Crippen LogP contribution is 2.35. The Morgan fingerprint density at radius 2 is 1.96 bits per heavy atom. The molecule has 0 atom stereocenters. The van der Waals surface area contributed by atoms with E-state index in [1.807, 2.05) is 0 Å². The number of hydrogen-bond donors (Lipinski definition) is 1. The maximum Gasteiger partial charge on any atom is 0.242 e. The van der Waals surface area contributed by atoms with Crippen molar-refractivity contribution >= 4 is 37.5 Å². The van der Waals surface area contributed by atoms with Crippen molar-refractivity contribution in [1.29, 1.82) is 0 Å². The van der Waals surface area contributed by atoms with E-state index in [4.69, 9.17) is 0 Å². The van der Waals surface area contributed by atoms with Crippen LogP contribution in [-0.4, -0.2) is 20.9 Å². The van der Waals surface area contributed by atoms with Crippen LogP contribution >= 0.6 is 15.9 Å². The lowest BCUT2D eigenvalue weighted by molar-refractivity contribution is -0.116. The standard InChI is InChI=1S/C17H16BrFN2O3S/c1-11(22)21-7-6-13-8-15(18)17(9-16(13)21)25(23,24)20-10-12-2-4-14(19)5-3-12/h2-5,8-9,20H,6-7,10H2,1H3. The van der Waals surface area contributed by atoms with E-state index in [-0.39, 0.29) is 23.2 Å². The molecule has 0 bridgehead atoms. The number of nitrogens with zero attached hydrogens (tertiary/aromatic N) is 1. The lowest BCUT2D eigenvalue weighted by Gasteiger charge is -2.17. The largest absolute Gasteiger partial charge is 0.312 e. The Kier molecular flexibility index (Phi) is 4.95. The lowest BCUT2D eigenvalue weighted by Crippen LogP contribution is -2.27. The van der Waals surface area contributed by atoms with Crippen molar-refractivity contribution in [2.75, 3.05) is 11.4 Å². The number of benzene rings is 2. The number of fused-ring (bicyclic) bond motifs is 1. The van der Waals surface area contributed by atoms with Crippen LogP contribution in [0.25, 0.3) is 0 Å². The van der Waals surface area contributed by atoms with Crippen molar-refractivity contribution in [3.05, 3.63) is 57.8 Å². The number of anilines is 1. The van der Waals surface area contributed by atoms with Gasteiger partial charge in [-0.25, -0.2) is 17.5 Å². The number of rotatable bonds is 4. The van der Waals surface area contributed by atoms with Gasteiger partial charge in [0.1, 0.15) is 5.82 Å². The summed E-state index contributed by atoms with van der Waals surface area (Å²) in [6.07, 6.45) is 0.691. The molecule has 2 aromatic carbocycles. The van der Waals surface area contributed by atoms with Gasteiger partial charge in [-0.2, -0.15) is 0 Å². The van der Waals surface area contributed by atoms with Crippen LogP contribution in [-0.2, 0) is 27.8 Å². The molecule has 0 fully saturated rings. The van der Waals surface area contributed by atoms with Crippen molar-refractivity contribution < 1.29 is 17.6 Å². The molecule has 1 aliphatic heterocycles. The molecule has 1 heterocycles. The van der Waals surface area contributed by atoms with Gasteiger partial charge in [0.15, 0.2) is 0 Å². The van der Waals surface area contributed by atoms with Gasteiger partial charge in [0.25, 0.3) is 0 Å². The highest BCUT2D eigenvalue weighted by atomic mass is 79.9. The maximum atomic E-state index is 12.9. The summed E-state index contributed by atoms with van der Waals surface area (Å²) in [5.41, 5.74) is 2.20. The van der Waals surface area contributed by atoms with E-state index in [9.17, 15) is 17.6 Å². The number of amides is 1. The molecule has 0 aliphatic carbocycles. The molecule has 3 rings (SSSR count). The number of sulfonamides is 1. The molecule has 8 heteroatoms. The van der Waals surface area contributed by atoms with Crippen LogP contribution in [0.5, 0.6) is 0 Å². The third-order valence-corrected chi connectivity index (χ3v) is 6.44. The monoisotopic (exact) mass is 426 g/mol. The van der Waals surface area contributed by atoms with Crippen LogP contribution in [0, 0.1) is 5.82 Å². The summed E-state index contributed by atoms with van der Waals surface area (Å²) in [6.45, 7) is 2.05. The zero-order valence-electron chi connectivity index (χ0n) is 13.4. The number of nitrogens with one attached hydrogen (secondary N) is 1. The average Bonchev–Trinajstić information content (AvgIpc) is 2.96. The minimum absolute atomic E-state index is 0.0442. The third-order valence-electron chi connectivity index (χ3n) is 4.08. The van der Waals surface area contributed by atoms with Crippen LogP contribution in [0.3, 0.4) is 0 Å². The second kappa shape index (κ2) is 6.86. The summed E-state index contributed by atoms with van der Waals surface area (Å²) in [4.78, 5) is 13.4. The summed E-state index contributed by atoms with van der Waals surface area (Å²) >= 11 is 3.31. The lowest BCUT2D eigenvalue weighted by atomic mass is 10.2. The molecule has 0 aromatic heterocycles. The Hall–Kier alpha value is -1.77. The second-order valence-electron chi connectivity index (χ2n) is 5.78. The van der Waals surface area contributed by atoms with E-state index in [1.165, 1.54) is 37.3 Å². The van der Waals surface area contributed by atoms with Gasteiger partial charge in [-0.3, -0.25) is 4.79 Å². The van der Waals surface area contributed by atoms with Gasteiger partial charge in [0.2, 0.25) is 15.9 Å². The zero-order chi connectivity index (χ0) is 18.2. The SMILES string of the molecule is CC(=O)N1CCc2cc(Br)c(S(=O)(=O)NCc3ccc(F)cc3)cc21. The Morgan fingerprint density at radius 3 is 2.60 bits per heavy atom. The predicted molar refractivity (Wildman–Crippen MR) is 96.3 cm³/mol. The van der Waals surface area contributed by atoms with E-state index in [0.29, 0.717) is 28.7 Å². The maximum absolute atomic E-state index is 12.9. The van der Waals surface area contributed by atoms with Crippen LogP contribution in [0.15, 0.2) is 45.8 Å². The van der Waals surface area contributed by atoms with E-state index < -0.39 is 10.0 Å². The number of carbonyl (C=O) groups is 1. The first kappa shape index (κ1) is 18.0. The molecule has 0 spiro atoms. The van der Waals surface area contributed by atoms with Crippen molar-refractivity contribution in [3.63, 3.8) is 0 Å². The van der Waals surface area contributed by atoms with Gasteiger partial charge in [0, 0.05) is 30.2 Å². The molecule has 1 N–H and O–H groups in total. The molecule has 1 amide bonds. The van der Waals surface area contributed by atoms with Gasteiger partial charge >= 0.3 is 0 Å². The molecule has 2 aromatic rings. The van der Waals surface area contributed by atoms with Gasteiger partial charge < -0.3 is 4.90 Å². The minimum atomic E-state index is -3.80. The van der Waals surface area contributed by atoms with E-state index in [2.05, 4.69) is 20.7 Å². The van der Waals surface area contributed by atoms with Gasteiger partial charge in [-0.15, -0.1) is 0 Å². The Labute approximate surface area is 154 Å². The number of carbonyl (C=O) groups excluding carboxylic acids is 1. The average molecular weight is 427 g/mol. The fraction of sp³-hybridized carbons (Fsp3) is 0.235. The summed E-state index contributed by atoms with van der Waals surface area (Å²) < 4.78 is 41.2. The second-order valence-corrected chi connectivity index (χ2v) is 8.37. The summed E-state index contributed by atoms with van der Waals surface area (Å²) in [7, 11) is -3.80. The van der Waals surface area contributed by atoms with E-state index in [0.717, 1.165) is 5.56 Å². The highest BCUT2D eigenvalue weighted by Gasteiger charge is 2.27. The first-order valence-corrected chi connectivity index (χ1v) is 9.90. The molecule has 1 aliphatic rings. The van der Waals surface area contributed by atoms with E-state index >= 15 is 0 Å². The first-order valence-electron chi connectivity index (χ1n) is 7.62. The third kappa shape index (κ3) is 3.75. The molecule has 132 valence electrons. The summed E-state index contributed by atoms with van der Waals surface area (Å²) in [6, 6.07) is 8.85. The minimum Gasteiger partial charge on any atom is -0.312 e. The molecule has 5 nitrogen and oxygen atoms in total. The highest BCUT2D eigenvalue weighted by molar-refractivity contribution is 9.10. The molecule has 0 saturated carbocycles. The molecule has 25 heavy (non-hydrogen) atoms. The topological polar surface area (TPSA) is 66.5 Å². The van der Waals surface area contributed by atoms with Gasteiger partial charge in [0.05, 0.1) is 4.90 Å². The smallest absolute Gasteiger partial charge is 0.242 e. The molecule has 0 radical (unpaired) electrons. The van der Waals surface area contributed by atoms with Crippen molar-refractivity contribution in [3.8, 4) is 0 Å². The molecular formula is C17H16BrFN2O3S. The normalized spacial score (nSPS) is 13.8. The number of hydrogen-bond acceptors (Lipinski definition) is 3. The molecular weight excluding hydrogens is 411 g/mol. The van der Waals surface area contributed by atoms with E-state index in [1.54, 1.807) is 11.0 Å². The van der Waals surface area contributed by atoms with Crippen LogP contribution in [0.1, 0.15) is 18.1 Å². The quantitative estimate of drug-likeness (QED) is 0.816. The Bertz CT molecular complexity index is 930. The van der Waals surface area contributed by atoms with Gasteiger partial charge in [-0.1, -0.05) is 12.1 Å². The fourth-order valence-corrected chi connectivity index (χ4v) is 4.90. The van der Waals surface area contributed by atoms with Crippen molar-refractivity contribution in [2.24, 2.45) is 0 Å². The summed E-state index contributed by atoms with van der Waals surface area (Å²) in [5.74, 6) is -0.499. The Balaban J connectivity index is 1.88. The Morgan fingerprint density at radius 1 is 1.28 bits per heavy atom. The summed E-state index contributed by atoms with van der Waals surface area (Å²) in [5, 5.41) is 0. The van der Waals surface area contributed by atoms with Crippen molar-refractivity contribution in [2.45, 2.75) is 24.8 Å². The van der Waals surface area contributed by atoms with Gasteiger partial charge in [-0.05, 0) is 57.7 Å².